The largest absolute Gasteiger partial charge is 0.342 e. The molecule has 2 nitrogen and oxygen atoms in total. The summed E-state index contributed by atoms with van der Waals surface area (Å²) >= 11 is 14.3. The molecule has 1 aromatic carbocycles. The van der Waals surface area contributed by atoms with Gasteiger partial charge in [0.15, 0.2) is 0 Å². The van der Waals surface area contributed by atoms with E-state index in [0.29, 0.717) is 16.6 Å². The average molecular weight is 283 g/mol. The van der Waals surface area contributed by atoms with Crippen molar-refractivity contribution in [3.63, 3.8) is 0 Å². The van der Waals surface area contributed by atoms with Gasteiger partial charge >= 0.3 is 0 Å². The van der Waals surface area contributed by atoms with Gasteiger partial charge in [0, 0.05) is 32.5 Å². The van der Waals surface area contributed by atoms with Crippen LogP contribution in [0.3, 0.4) is 0 Å². The summed E-state index contributed by atoms with van der Waals surface area (Å²) in [6.07, 6.45) is 0. The third-order valence-electron chi connectivity index (χ3n) is 1.43. The van der Waals surface area contributed by atoms with Crippen LogP contribution in [0.1, 0.15) is 5.56 Å². The van der Waals surface area contributed by atoms with Gasteiger partial charge in [-0.2, -0.15) is 0 Å². The Morgan fingerprint density at radius 1 is 1.46 bits per heavy atom. The minimum absolute atomic E-state index is 0.265. The maximum Gasteiger partial charge on any atom is 0.287 e. The van der Waals surface area contributed by atoms with Crippen molar-refractivity contribution >= 4 is 43.9 Å². The molecule has 1 N–H and O–H groups in total. The van der Waals surface area contributed by atoms with E-state index in [1.807, 2.05) is 0 Å². The number of carbonyl (C=O) groups is 1. The molecule has 1 rings (SSSR count). The predicted molar refractivity (Wildman–Crippen MR) is 57.6 cm³/mol. The molecule has 0 aliphatic heterocycles. The molecule has 13 heavy (non-hydrogen) atoms. The number of amides is 1. The molecule has 0 bridgehead atoms. The summed E-state index contributed by atoms with van der Waals surface area (Å²) < 4.78 is 0. The van der Waals surface area contributed by atoms with E-state index in [0.717, 1.165) is 5.56 Å². The first-order valence-electron chi connectivity index (χ1n) is 3.47. The number of halogens is 3. The van der Waals surface area contributed by atoms with Crippen molar-refractivity contribution in [2.45, 2.75) is 6.54 Å². The van der Waals surface area contributed by atoms with Crippen LogP contribution in [-0.4, -0.2) is 4.82 Å². The molecule has 0 saturated heterocycles. The molecule has 0 unspecified atom stereocenters. The van der Waals surface area contributed by atoms with Crippen molar-refractivity contribution in [3.8, 4) is 0 Å². The predicted octanol–water partition coefficient (Wildman–Crippen LogP) is 3.60. The molecule has 70 valence electrons. The third-order valence-corrected chi connectivity index (χ3v) is 2.30. The van der Waals surface area contributed by atoms with Gasteiger partial charge in [0.05, 0.1) is 0 Å². The van der Waals surface area contributed by atoms with Crippen LogP contribution >= 0.6 is 39.1 Å². The molecule has 0 aliphatic carbocycles. The summed E-state index contributed by atoms with van der Waals surface area (Å²) in [6, 6.07) is 5.13. The number of hydrogen-bond donors (Lipinski definition) is 1. The third kappa shape index (κ3) is 3.55. The number of hydrogen-bond acceptors (Lipinski definition) is 1. The van der Waals surface area contributed by atoms with Gasteiger partial charge in [-0.25, -0.2) is 0 Å². The van der Waals surface area contributed by atoms with Crippen molar-refractivity contribution in [3.05, 3.63) is 33.8 Å². The van der Waals surface area contributed by atoms with E-state index in [9.17, 15) is 4.79 Å². The minimum Gasteiger partial charge on any atom is -0.342 e. The molecule has 0 spiro atoms. The minimum atomic E-state index is -0.265. The summed E-state index contributed by atoms with van der Waals surface area (Å²) in [7, 11) is 0. The van der Waals surface area contributed by atoms with Crippen molar-refractivity contribution in [1.29, 1.82) is 0 Å². The molecule has 0 atom stereocenters. The second-order valence-corrected chi connectivity index (χ2v) is 3.93. The van der Waals surface area contributed by atoms with Crippen LogP contribution in [0.25, 0.3) is 0 Å². The smallest absolute Gasteiger partial charge is 0.287 e. The molecular weight excluding hydrogens is 277 g/mol. The van der Waals surface area contributed by atoms with E-state index in [4.69, 9.17) is 23.2 Å². The first kappa shape index (κ1) is 10.8. The van der Waals surface area contributed by atoms with Crippen molar-refractivity contribution in [1.82, 2.24) is 5.32 Å². The van der Waals surface area contributed by atoms with Gasteiger partial charge in [0.2, 0.25) is 0 Å². The zero-order chi connectivity index (χ0) is 9.84. The Labute approximate surface area is 94.3 Å². The lowest BCUT2D eigenvalue weighted by Gasteiger charge is -2.03. The molecule has 0 aliphatic rings. The van der Waals surface area contributed by atoms with Crippen molar-refractivity contribution < 1.29 is 4.79 Å². The van der Waals surface area contributed by atoms with Gasteiger partial charge in [0.1, 0.15) is 0 Å². The molecular formula is C8H6BrCl2NO. The van der Waals surface area contributed by atoms with E-state index < -0.39 is 0 Å². The normalized spacial score (nSPS) is 9.77. The Bertz CT molecular complexity index is 330. The number of carbonyl (C=O) groups excluding carboxylic acids is 1. The Kier molecular flexibility index (Phi) is 4.03. The summed E-state index contributed by atoms with van der Waals surface area (Å²) in [5, 5.41) is 3.70. The summed E-state index contributed by atoms with van der Waals surface area (Å²) in [5.74, 6) is 0. The van der Waals surface area contributed by atoms with E-state index in [1.165, 1.54) is 0 Å². The Hall–Kier alpha value is -0.250. The molecule has 0 radical (unpaired) electrons. The molecule has 0 fully saturated rings. The molecule has 1 amide bonds. The highest BCUT2D eigenvalue weighted by Crippen LogP contribution is 2.20. The lowest BCUT2D eigenvalue weighted by Crippen LogP contribution is -2.15. The van der Waals surface area contributed by atoms with E-state index >= 15 is 0 Å². The van der Waals surface area contributed by atoms with Crippen LogP contribution in [0.2, 0.25) is 10.0 Å². The monoisotopic (exact) mass is 281 g/mol. The van der Waals surface area contributed by atoms with Crippen LogP contribution in [0.5, 0.6) is 0 Å². The molecule has 0 aromatic heterocycles. The zero-order valence-corrected chi connectivity index (χ0v) is 9.58. The highest BCUT2D eigenvalue weighted by Gasteiger charge is 2.01. The fourth-order valence-corrected chi connectivity index (χ4v) is 1.45. The van der Waals surface area contributed by atoms with Crippen LogP contribution in [-0.2, 0) is 6.54 Å². The van der Waals surface area contributed by atoms with Gasteiger partial charge < -0.3 is 5.32 Å². The highest BCUT2D eigenvalue weighted by molar-refractivity contribution is 9.18. The summed E-state index contributed by atoms with van der Waals surface area (Å²) in [5.41, 5.74) is 0.832. The number of benzene rings is 1. The maximum atomic E-state index is 10.5. The second-order valence-electron chi connectivity index (χ2n) is 2.36. The van der Waals surface area contributed by atoms with Crippen LogP contribution < -0.4 is 5.32 Å². The van der Waals surface area contributed by atoms with Gasteiger partial charge in [0.25, 0.3) is 4.82 Å². The first-order valence-corrected chi connectivity index (χ1v) is 5.02. The van der Waals surface area contributed by atoms with Gasteiger partial charge in [-0.05, 0) is 17.7 Å². The first-order chi connectivity index (χ1) is 6.09. The zero-order valence-electron chi connectivity index (χ0n) is 6.48. The molecule has 0 saturated carbocycles. The molecule has 1 aromatic rings. The Morgan fingerprint density at radius 3 is 2.69 bits per heavy atom. The van der Waals surface area contributed by atoms with Crippen molar-refractivity contribution in [2.75, 3.05) is 0 Å². The Balaban J connectivity index is 2.72. The lowest BCUT2D eigenvalue weighted by atomic mass is 10.2. The fourth-order valence-electron chi connectivity index (χ4n) is 0.830. The van der Waals surface area contributed by atoms with Gasteiger partial charge in [-0.15, -0.1) is 0 Å². The summed E-state index contributed by atoms with van der Waals surface area (Å²) in [4.78, 5) is 10.3. The standard InChI is InChI=1S/C8H6BrCl2NO/c9-8(13)12-4-5-1-2-6(10)3-7(5)11/h1-3H,4H2,(H,12,13). The van der Waals surface area contributed by atoms with E-state index in [1.54, 1.807) is 18.2 Å². The quantitative estimate of drug-likeness (QED) is 0.652. The number of rotatable bonds is 2. The average Bonchev–Trinajstić information content (AvgIpc) is 2.02. The van der Waals surface area contributed by atoms with E-state index in [-0.39, 0.29) is 4.82 Å². The van der Waals surface area contributed by atoms with E-state index in [2.05, 4.69) is 21.2 Å². The van der Waals surface area contributed by atoms with Gasteiger partial charge in [-0.3, -0.25) is 4.79 Å². The van der Waals surface area contributed by atoms with Crippen LogP contribution in [0.15, 0.2) is 18.2 Å². The highest BCUT2D eigenvalue weighted by atomic mass is 79.9. The Morgan fingerprint density at radius 2 is 2.15 bits per heavy atom. The molecule has 5 heteroatoms. The van der Waals surface area contributed by atoms with Crippen molar-refractivity contribution in [2.24, 2.45) is 0 Å². The van der Waals surface area contributed by atoms with Crippen LogP contribution in [0.4, 0.5) is 4.79 Å². The number of nitrogens with one attached hydrogen (secondary N) is 1. The van der Waals surface area contributed by atoms with Crippen LogP contribution in [0, 0.1) is 0 Å². The second kappa shape index (κ2) is 4.84. The van der Waals surface area contributed by atoms with Gasteiger partial charge in [-0.1, -0.05) is 29.3 Å². The summed E-state index contributed by atoms with van der Waals surface area (Å²) in [6.45, 7) is 0.389. The molecule has 0 heterocycles. The SMILES string of the molecule is O=C(Br)NCc1ccc(Cl)cc1Cl. The fraction of sp³-hybridized carbons (Fsp3) is 0.125. The lowest BCUT2D eigenvalue weighted by molar-refractivity contribution is 0.261. The topological polar surface area (TPSA) is 29.1 Å². The maximum absolute atomic E-state index is 10.5.